The van der Waals surface area contributed by atoms with Crippen LogP contribution in [0.5, 0.6) is 0 Å². The Labute approximate surface area is 174 Å². The van der Waals surface area contributed by atoms with Gasteiger partial charge in [-0.2, -0.15) is 0 Å². The molecular formula is C21H35O3PS2. The molecule has 0 atom stereocenters. The van der Waals surface area contributed by atoms with Crippen molar-refractivity contribution in [3.05, 3.63) is 47.5 Å². The van der Waals surface area contributed by atoms with E-state index in [1.165, 1.54) is 11.1 Å². The third-order valence-corrected chi connectivity index (χ3v) is 9.35. The molecule has 0 unspecified atom stereocenters. The van der Waals surface area contributed by atoms with E-state index < -0.39 is 5.69 Å². The van der Waals surface area contributed by atoms with E-state index in [0.29, 0.717) is 6.42 Å². The zero-order valence-electron chi connectivity index (χ0n) is 17.5. The SMILES string of the molecule is CC(C)OP(=S)(OC(C)C)SC/C=C(\CCO)C(C)(C)Cc1ccccc1. The molecule has 0 fully saturated rings. The molecule has 3 nitrogen and oxygen atoms in total. The monoisotopic (exact) mass is 430 g/mol. The lowest BCUT2D eigenvalue weighted by molar-refractivity contribution is 0.186. The second kappa shape index (κ2) is 11.7. The van der Waals surface area contributed by atoms with E-state index in [1.54, 1.807) is 11.4 Å². The minimum Gasteiger partial charge on any atom is -0.396 e. The van der Waals surface area contributed by atoms with E-state index in [1.807, 2.05) is 33.8 Å². The lowest BCUT2D eigenvalue weighted by Gasteiger charge is -2.29. The summed E-state index contributed by atoms with van der Waals surface area (Å²) < 4.78 is 11.9. The third kappa shape index (κ3) is 9.74. The summed E-state index contributed by atoms with van der Waals surface area (Å²) >= 11 is 7.30. The molecule has 0 aliphatic carbocycles. The van der Waals surface area contributed by atoms with Crippen LogP contribution in [0.1, 0.15) is 53.5 Å². The Morgan fingerprint density at radius 3 is 2.19 bits per heavy atom. The van der Waals surface area contributed by atoms with Gasteiger partial charge in [-0.1, -0.05) is 67.2 Å². The Kier molecular flexibility index (Phi) is 10.8. The smallest absolute Gasteiger partial charge is 0.248 e. The Hall–Kier alpha value is -0.160. The van der Waals surface area contributed by atoms with Crippen molar-refractivity contribution < 1.29 is 14.2 Å². The predicted molar refractivity (Wildman–Crippen MR) is 123 cm³/mol. The Morgan fingerprint density at radius 2 is 1.70 bits per heavy atom. The highest BCUT2D eigenvalue weighted by Gasteiger charge is 2.25. The zero-order valence-corrected chi connectivity index (χ0v) is 20.0. The molecule has 1 rings (SSSR count). The van der Waals surface area contributed by atoms with Gasteiger partial charge in [-0.25, -0.2) is 0 Å². The van der Waals surface area contributed by atoms with Crippen LogP contribution in [0.15, 0.2) is 42.0 Å². The minimum absolute atomic E-state index is 0.0367. The molecule has 6 heteroatoms. The summed E-state index contributed by atoms with van der Waals surface area (Å²) in [6.07, 6.45) is 3.89. The number of aliphatic hydroxyl groups is 1. The highest BCUT2D eigenvalue weighted by Crippen LogP contribution is 2.62. The lowest BCUT2D eigenvalue weighted by atomic mass is 9.77. The molecular weight excluding hydrogens is 395 g/mol. The van der Waals surface area contributed by atoms with E-state index >= 15 is 0 Å². The highest BCUT2D eigenvalue weighted by molar-refractivity contribution is 8.67. The van der Waals surface area contributed by atoms with Crippen LogP contribution in [0.4, 0.5) is 0 Å². The van der Waals surface area contributed by atoms with Crippen molar-refractivity contribution in [2.45, 2.75) is 66.6 Å². The second-order valence-electron chi connectivity index (χ2n) is 7.80. The molecule has 1 aromatic rings. The average Bonchev–Trinajstić information content (AvgIpc) is 2.52. The number of hydrogen-bond acceptors (Lipinski definition) is 5. The summed E-state index contributed by atoms with van der Waals surface area (Å²) in [6, 6.07) is 10.5. The van der Waals surface area contributed by atoms with E-state index in [9.17, 15) is 5.11 Å². The molecule has 0 saturated heterocycles. The van der Waals surface area contributed by atoms with Crippen LogP contribution in [0, 0.1) is 5.41 Å². The van der Waals surface area contributed by atoms with E-state index in [2.05, 4.69) is 44.2 Å². The fourth-order valence-corrected chi connectivity index (χ4v) is 8.30. The molecule has 0 aliphatic heterocycles. The zero-order chi connectivity index (χ0) is 20.5. The molecule has 0 aliphatic rings. The molecule has 0 heterocycles. The molecule has 0 radical (unpaired) electrons. The van der Waals surface area contributed by atoms with Gasteiger partial charge in [-0.3, -0.25) is 0 Å². The van der Waals surface area contributed by atoms with Gasteiger partial charge in [0, 0.05) is 12.4 Å². The maximum Gasteiger partial charge on any atom is 0.248 e. The van der Waals surface area contributed by atoms with Crippen molar-refractivity contribution in [3.8, 4) is 0 Å². The summed E-state index contributed by atoms with van der Waals surface area (Å²) in [5, 5.41) is 9.55. The molecule has 27 heavy (non-hydrogen) atoms. The fraction of sp³-hybridized carbons (Fsp3) is 0.619. The van der Waals surface area contributed by atoms with Crippen molar-refractivity contribution in [1.29, 1.82) is 0 Å². The van der Waals surface area contributed by atoms with Gasteiger partial charge in [0.1, 0.15) is 0 Å². The summed E-state index contributed by atoms with van der Waals surface area (Å²) in [7, 11) is 0. The summed E-state index contributed by atoms with van der Waals surface area (Å²) in [6.45, 7) is 12.6. The van der Waals surface area contributed by atoms with Gasteiger partial charge in [0.05, 0.1) is 12.2 Å². The molecule has 0 amide bonds. The molecule has 0 saturated carbocycles. The van der Waals surface area contributed by atoms with Crippen molar-refractivity contribution in [2.24, 2.45) is 5.41 Å². The van der Waals surface area contributed by atoms with Crippen LogP contribution >= 0.6 is 17.1 Å². The first-order valence-electron chi connectivity index (χ1n) is 9.53. The topological polar surface area (TPSA) is 38.7 Å². The Bertz CT molecular complexity index is 614. The van der Waals surface area contributed by atoms with E-state index in [4.69, 9.17) is 20.9 Å². The molecule has 154 valence electrons. The fourth-order valence-electron chi connectivity index (χ4n) is 2.89. The Morgan fingerprint density at radius 1 is 1.15 bits per heavy atom. The summed E-state index contributed by atoms with van der Waals surface area (Å²) in [5.41, 5.74) is 0.129. The normalized spacial score (nSPS) is 13.6. The van der Waals surface area contributed by atoms with Crippen LogP contribution in [0.3, 0.4) is 0 Å². The first-order valence-corrected chi connectivity index (χ1v) is 13.8. The highest BCUT2D eigenvalue weighted by atomic mass is 32.9. The molecule has 1 N–H and O–H groups in total. The first kappa shape index (κ1) is 24.9. The van der Waals surface area contributed by atoms with Gasteiger partial charge >= 0.3 is 0 Å². The Balaban J connectivity index is 2.88. The number of hydrogen-bond donors (Lipinski definition) is 1. The van der Waals surface area contributed by atoms with Crippen LogP contribution in [0.2, 0.25) is 0 Å². The van der Waals surface area contributed by atoms with Crippen molar-refractivity contribution in [1.82, 2.24) is 0 Å². The minimum atomic E-state index is -2.38. The summed E-state index contributed by atoms with van der Waals surface area (Å²) in [5.74, 6) is 0.726. The average molecular weight is 431 g/mol. The van der Waals surface area contributed by atoms with E-state index in [-0.39, 0.29) is 24.2 Å². The summed E-state index contributed by atoms with van der Waals surface area (Å²) in [4.78, 5) is 0. The van der Waals surface area contributed by atoms with Crippen LogP contribution in [-0.4, -0.2) is 29.7 Å². The lowest BCUT2D eigenvalue weighted by Crippen LogP contribution is -2.19. The van der Waals surface area contributed by atoms with Gasteiger partial charge in [-0.05, 0) is 63.3 Å². The quantitative estimate of drug-likeness (QED) is 0.308. The van der Waals surface area contributed by atoms with Gasteiger partial charge in [0.2, 0.25) is 5.69 Å². The van der Waals surface area contributed by atoms with Gasteiger partial charge in [0.15, 0.2) is 0 Å². The van der Waals surface area contributed by atoms with Crippen LogP contribution < -0.4 is 0 Å². The van der Waals surface area contributed by atoms with Crippen LogP contribution in [-0.2, 0) is 27.3 Å². The maximum absolute atomic E-state index is 9.55. The largest absolute Gasteiger partial charge is 0.396 e. The second-order valence-corrected chi connectivity index (χ2v) is 14.1. The van der Waals surface area contributed by atoms with Crippen molar-refractivity contribution in [3.63, 3.8) is 0 Å². The predicted octanol–water partition coefficient (Wildman–Crippen LogP) is 6.37. The maximum atomic E-state index is 9.55. The van der Waals surface area contributed by atoms with E-state index in [0.717, 1.165) is 12.2 Å². The van der Waals surface area contributed by atoms with Crippen molar-refractivity contribution in [2.75, 3.05) is 12.4 Å². The molecule has 0 aromatic heterocycles. The van der Waals surface area contributed by atoms with Crippen molar-refractivity contribution >= 4 is 28.9 Å². The van der Waals surface area contributed by atoms with Gasteiger partial charge in [-0.15, -0.1) is 0 Å². The standard InChI is InChI=1S/C21H35O3PS2/c1-17(2)23-25(26,24-18(3)4)27-15-13-20(12-14-22)21(5,6)16-19-10-8-7-9-11-19/h7-11,13,17-18,22H,12,14-16H2,1-6H3/b20-13+. The first-order chi connectivity index (χ1) is 12.6. The molecule has 0 spiro atoms. The van der Waals surface area contributed by atoms with Gasteiger partial charge < -0.3 is 14.2 Å². The van der Waals surface area contributed by atoms with Crippen LogP contribution in [0.25, 0.3) is 0 Å². The number of rotatable bonds is 12. The third-order valence-electron chi connectivity index (χ3n) is 3.98. The number of benzene rings is 1. The molecule has 1 aromatic carbocycles. The molecule has 0 bridgehead atoms. The number of aliphatic hydroxyl groups excluding tert-OH is 1. The van der Waals surface area contributed by atoms with Gasteiger partial charge in [0.25, 0.3) is 0 Å².